The zero-order chi connectivity index (χ0) is 16.2. The van der Waals surface area contributed by atoms with E-state index in [9.17, 15) is 4.79 Å². The molecule has 7 nitrogen and oxygen atoms in total. The van der Waals surface area contributed by atoms with Crippen LogP contribution in [0, 0.1) is 18.3 Å². The Bertz CT molecular complexity index is 724. The van der Waals surface area contributed by atoms with Gasteiger partial charge in [0, 0.05) is 38.4 Å². The Morgan fingerprint density at radius 3 is 2.70 bits per heavy atom. The van der Waals surface area contributed by atoms with E-state index in [2.05, 4.69) is 21.1 Å². The Hall–Kier alpha value is -2.88. The van der Waals surface area contributed by atoms with Crippen LogP contribution in [0.1, 0.15) is 17.0 Å². The second-order valence-corrected chi connectivity index (χ2v) is 5.49. The number of nitriles is 1. The van der Waals surface area contributed by atoms with Gasteiger partial charge >= 0.3 is 0 Å². The van der Waals surface area contributed by atoms with Gasteiger partial charge in [-0.2, -0.15) is 5.26 Å². The molecular weight excluding hydrogens is 294 g/mol. The second kappa shape index (κ2) is 6.48. The zero-order valence-electron chi connectivity index (χ0n) is 12.9. The van der Waals surface area contributed by atoms with Crippen LogP contribution in [0.15, 0.2) is 28.9 Å². The molecule has 1 fully saturated rings. The number of carbonyl (C=O) groups excluding carboxylic acids is 1. The van der Waals surface area contributed by atoms with Crippen LogP contribution in [0.5, 0.6) is 0 Å². The molecule has 0 spiro atoms. The van der Waals surface area contributed by atoms with Crippen LogP contribution in [0.4, 0.5) is 5.82 Å². The minimum absolute atomic E-state index is 0.0609. The number of rotatable bonds is 3. The van der Waals surface area contributed by atoms with Gasteiger partial charge < -0.3 is 14.3 Å². The van der Waals surface area contributed by atoms with Crippen molar-refractivity contribution in [3.8, 4) is 6.07 Å². The summed E-state index contributed by atoms with van der Waals surface area (Å²) in [5.74, 6) is 1.61. The van der Waals surface area contributed by atoms with Gasteiger partial charge in [-0.05, 0) is 19.1 Å². The standard InChI is InChI=1S/C16H17N5O2/c1-12-8-14(19-23-12)9-16(22)21-6-4-20(5-7-21)15-3-2-13(10-17)11-18-15/h2-3,8,11H,4-7,9H2,1H3. The van der Waals surface area contributed by atoms with E-state index < -0.39 is 0 Å². The Kier molecular flexibility index (Phi) is 4.24. The van der Waals surface area contributed by atoms with E-state index in [1.807, 2.05) is 17.9 Å². The number of carbonyl (C=O) groups is 1. The monoisotopic (exact) mass is 311 g/mol. The fourth-order valence-electron chi connectivity index (χ4n) is 2.59. The minimum Gasteiger partial charge on any atom is -0.361 e. The Labute approximate surface area is 134 Å². The highest BCUT2D eigenvalue weighted by atomic mass is 16.5. The van der Waals surface area contributed by atoms with Gasteiger partial charge in [0.05, 0.1) is 17.7 Å². The third-order valence-electron chi connectivity index (χ3n) is 3.84. The number of nitrogens with zero attached hydrogens (tertiary/aromatic N) is 5. The number of anilines is 1. The number of aromatic nitrogens is 2. The summed E-state index contributed by atoms with van der Waals surface area (Å²) in [5, 5.41) is 12.7. The van der Waals surface area contributed by atoms with Gasteiger partial charge in [-0.15, -0.1) is 0 Å². The molecule has 2 aromatic heterocycles. The topological polar surface area (TPSA) is 86.3 Å². The highest BCUT2D eigenvalue weighted by molar-refractivity contribution is 5.78. The third kappa shape index (κ3) is 3.48. The maximum absolute atomic E-state index is 12.3. The maximum Gasteiger partial charge on any atom is 0.228 e. The molecule has 23 heavy (non-hydrogen) atoms. The number of hydrogen-bond acceptors (Lipinski definition) is 6. The third-order valence-corrected chi connectivity index (χ3v) is 3.84. The summed E-state index contributed by atoms with van der Waals surface area (Å²) >= 11 is 0. The summed E-state index contributed by atoms with van der Waals surface area (Å²) < 4.78 is 4.99. The van der Waals surface area contributed by atoms with Crippen molar-refractivity contribution in [3.05, 3.63) is 41.4 Å². The summed E-state index contributed by atoms with van der Waals surface area (Å²) in [4.78, 5) is 20.5. The lowest BCUT2D eigenvalue weighted by molar-refractivity contribution is -0.130. The molecular formula is C16H17N5O2. The molecule has 1 aliphatic rings. The molecule has 1 aliphatic heterocycles. The molecule has 3 heterocycles. The number of pyridine rings is 1. The molecule has 1 amide bonds. The number of aryl methyl sites for hydroxylation is 1. The number of piperazine rings is 1. The predicted molar refractivity (Wildman–Crippen MR) is 82.7 cm³/mol. The van der Waals surface area contributed by atoms with Gasteiger partial charge in [0.15, 0.2) is 0 Å². The summed E-state index contributed by atoms with van der Waals surface area (Å²) in [7, 11) is 0. The molecule has 3 rings (SSSR count). The molecule has 1 saturated heterocycles. The van der Waals surface area contributed by atoms with Gasteiger partial charge in [-0.1, -0.05) is 5.16 Å². The van der Waals surface area contributed by atoms with Crippen LogP contribution in [0.25, 0.3) is 0 Å². The molecule has 0 saturated carbocycles. The first kappa shape index (κ1) is 15.0. The van der Waals surface area contributed by atoms with E-state index in [0.717, 1.165) is 18.9 Å². The molecule has 0 radical (unpaired) electrons. The van der Waals surface area contributed by atoms with Crippen molar-refractivity contribution in [2.75, 3.05) is 31.1 Å². The molecule has 0 aliphatic carbocycles. The highest BCUT2D eigenvalue weighted by Gasteiger charge is 2.22. The number of amides is 1. The van der Waals surface area contributed by atoms with Gasteiger partial charge in [0.2, 0.25) is 5.91 Å². The highest BCUT2D eigenvalue weighted by Crippen LogP contribution is 2.14. The van der Waals surface area contributed by atoms with Crippen molar-refractivity contribution in [2.45, 2.75) is 13.3 Å². The lowest BCUT2D eigenvalue weighted by Crippen LogP contribution is -2.49. The first-order valence-electron chi connectivity index (χ1n) is 7.47. The van der Waals surface area contributed by atoms with E-state index in [1.165, 1.54) is 0 Å². The fraction of sp³-hybridized carbons (Fsp3) is 0.375. The summed E-state index contributed by atoms with van der Waals surface area (Å²) in [6.07, 6.45) is 1.84. The van der Waals surface area contributed by atoms with Crippen molar-refractivity contribution in [1.82, 2.24) is 15.0 Å². The van der Waals surface area contributed by atoms with Crippen molar-refractivity contribution in [1.29, 1.82) is 5.26 Å². The van der Waals surface area contributed by atoms with E-state index in [4.69, 9.17) is 9.78 Å². The van der Waals surface area contributed by atoms with Crippen molar-refractivity contribution in [3.63, 3.8) is 0 Å². The average molecular weight is 311 g/mol. The molecule has 2 aromatic rings. The van der Waals surface area contributed by atoms with Gasteiger partial charge in [0.1, 0.15) is 17.6 Å². The quantitative estimate of drug-likeness (QED) is 0.845. The first-order chi connectivity index (χ1) is 11.2. The van der Waals surface area contributed by atoms with E-state index in [0.29, 0.717) is 30.1 Å². The van der Waals surface area contributed by atoms with Crippen LogP contribution in [0.2, 0.25) is 0 Å². The molecule has 118 valence electrons. The Morgan fingerprint density at radius 1 is 1.35 bits per heavy atom. The fourth-order valence-corrected chi connectivity index (χ4v) is 2.59. The van der Waals surface area contributed by atoms with Crippen LogP contribution in [-0.4, -0.2) is 47.1 Å². The predicted octanol–water partition coefficient (Wildman–Crippen LogP) is 1.14. The van der Waals surface area contributed by atoms with Crippen LogP contribution >= 0.6 is 0 Å². The lowest BCUT2D eigenvalue weighted by atomic mass is 10.2. The maximum atomic E-state index is 12.3. The van der Waals surface area contributed by atoms with Crippen molar-refractivity contribution < 1.29 is 9.32 Å². The van der Waals surface area contributed by atoms with E-state index in [1.54, 1.807) is 18.3 Å². The molecule has 0 bridgehead atoms. The summed E-state index contributed by atoms with van der Waals surface area (Å²) in [5.41, 5.74) is 1.22. The molecule has 0 atom stereocenters. The van der Waals surface area contributed by atoms with Crippen LogP contribution < -0.4 is 4.90 Å². The minimum atomic E-state index is 0.0609. The normalized spacial score (nSPS) is 14.6. The Morgan fingerprint density at radius 2 is 2.13 bits per heavy atom. The summed E-state index contributed by atoms with van der Waals surface area (Å²) in [6, 6.07) is 7.44. The van der Waals surface area contributed by atoms with Gasteiger partial charge in [-0.25, -0.2) is 4.98 Å². The molecule has 7 heteroatoms. The van der Waals surface area contributed by atoms with Crippen molar-refractivity contribution in [2.24, 2.45) is 0 Å². The van der Waals surface area contributed by atoms with Crippen LogP contribution in [-0.2, 0) is 11.2 Å². The first-order valence-corrected chi connectivity index (χ1v) is 7.47. The lowest BCUT2D eigenvalue weighted by Gasteiger charge is -2.35. The summed E-state index contributed by atoms with van der Waals surface area (Å²) in [6.45, 7) is 4.56. The average Bonchev–Trinajstić information content (AvgIpc) is 3.00. The second-order valence-electron chi connectivity index (χ2n) is 5.49. The van der Waals surface area contributed by atoms with Gasteiger partial charge in [-0.3, -0.25) is 4.79 Å². The van der Waals surface area contributed by atoms with Crippen molar-refractivity contribution >= 4 is 11.7 Å². The van der Waals surface area contributed by atoms with E-state index in [-0.39, 0.29) is 12.3 Å². The molecule has 0 aromatic carbocycles. The molecule has 0 unspecified atom stereocenters. The van der Waals surface area contributed by atoms with Crippen LogP contribution in [0.3, 0.4) is 0 Å². The zero-order valence-corrected chi connectivity index (χ0v) is 12.9. The van der Waals surface area contributed by atoms with Gasteiger partial charge in [0.25, 0.3) is 0 Å². The number of hydrogen-bond donors (Lipinski definition) is 0. The smallest absolute Gasteiger partial charge is 0.228 e. The largest absolute Gasteiger partial charge is 0.361 e. The van der Waals surface area contributed by atoms with E-state index >= 15 is 0 Å². The SMILES string of the molecule is Cc1cc(CC(=O)N2CCN(c3ccc(C#N)cn3)CC2)no1. The Balaban J connectivity index is 1.55. The molecule has 0 N–H and O–H groups in total.